The standard InChI is InChI=1S/C14H18Cl2FN3O/c1-19(5-6-21-2)3-4-20-13-8-11(17)10(16)7-12(13)18-14(20)9-15/h7-8H,3-6,9H2,1-2H3. The number of alkyl halides is 1. The average Bonchev–Trinajstić information content (AvgIpc) is 2.80. The summed E-state index contributed by atoms with van der Waals surface area (Å²) in [6.45, 7) is 2.98. The van der Waals surface area contributed by atoms with Crippen LogP contribution in [0.1, 0.15) is 5.82 Å². The molecule has 21 heavy (non-hydrogen) atoms. The number of halogens is 3. The van der Waals surface area contributed by atoms with Gasteiger partial charge in [0.25, 0.3) is 0 Å². The Hall–Kier alpha value is -0.880. The van der Waals surface area contributed by atoms with Crippen LogP contribution in [0, 0.1) is 5.82 Å². The maximum absolute atomic E-state index is 13.7. The summed E-state index contributed by atoms with van der Waals surface area (Å²) in [7, 11) is 3.69. The second-order valence-corrected chi connectivity index (χ2v) is 5.54. The van der Waals surface area contributed by atoms with Crippen molar-refractivity contribution in [3.8, 4) is 0 Å². The summed E-state index contributed by atoms with van der Waals surface area (Å²) in [5.74, 6) is 0.544. The number of likely N-dealkylation sites (N-methyl/N-ethyl adjacent to an activating group) is 1. The molecular weight excluding hydrogens is 316 g/mol. The van der Waals surface area contributed by atoms with Crippen molar-refractivity contribution in [3.05, 3.63) is 28.8 Å². The normalized spacial score (nSPS) is 11.7. The number of methoxy groups -OCH3 is 1. The zero-order valence-corrected chi connectivity index (χ0v) is 13.6. The first-order valence-corrected chi connectivity index (χ1v) is 7.55. The largest absolute Gasteiger partial charge is 0.383 e. The molecule has 0 bridgehead atoms. The van der Waals surface area contributed by atoms with Crippen molar-refractivity contribution in [2.45, 2.75) is 12.4 Å². The summed E-state index contributed by atoms with van der Waals surface area (Å²) in [6.07, 6.45) is 0. The van der Waals surface area contributed by atoms with E-state index in [2.05, 4.69) is 9.88 Å². The lowest BCUT2D eigenvalue weighted by Crippen LogP contribution is -2.27. The van der Waals surface area contributed by atoms with Crippen LogP contribution >= 0.6 is 23.2 Å². The second-order valence-electron chi connectivity index (χ2n) is 4.86. The van der Waals surface area contributed by atoms with Crippen LogP contribution < -0.4 is 0 Å². The minimum Gasteiger partial charge on any atom is -0.383 e. The minimum absolute atomic E-state index is 0.0745. The predicted octanol–water partition coefficient (Wildman–Crippen LogP) is 3.15. The molecule has 116 valence electrons. The first-order chi connectivity index (χ1) is 10.1. The molecule has 0 unspecified atom stereocenters. The minimum atomic E-state index is -0.445. The molecule has 0 spiro atoms. The molecule has 4 nitrogen and oxygen atoms in total. The molecular formula is C14H18Cl2FN3O. The maximum Gasteiger partial charge on any atom is 0.144 e. The van der Waals surface area contributed by atoms with Crippen LogP contribution in [0.2, 0.25) is 5.02 Å². The third kappa shape index (κ3) is 3.86. The highest BCUT2D eigenvalue weighted by atomic mass is 35.5. The van der Waals surface area contributed by atoms with Crippen molar-refractivity contribution >= 4 is 34.2 Å². The Morgan fingerprint density at radius 2 is 2.14 bits per heavy atom. The van der Waals surface area contributed by atoms with Gasteiger partial charge >= 0.3 is 0 Å². The molecule has 0 aliphatic heterocycles. The molecule has 2 rings (SSSR count). The van der Waals surface area contributed by atoms with Crippen molar-refractivity contribution < 1.29 is 9.13 Å². The summed E-state index contributed by atoms with van der Waals surface area (Å²) < 4.78 is 20.7. The van der Waals surface area contributed by atoms with Crippen LogP contribution in [-0.2, 0) is 17.2 Å². The molecule has 0 N–H and O–H groups in total. The predicted molar refractivity (Wildman–Crippen MR) is 83.6 cm³/mol. The molecule has 0 fully saturated rings. The Labute approximate surface area is 133 Å². The van der Waals surface area contributed by atoms with E-state index < -0.39 is 5.82 Å². The molecule has 1 aromatic heterocycles. The van der Waals surface area contributed by atoms with Gasteiger partial charge in [0, 0.05) is 32.8 Å². The van der Waals surface area contributed by atoms with Crippen molar-refractivity contribution in [1.29, 1.82) is 0 Å². The number of hydrogen-bond acceptors (Lipinski definition) is 3. The first kappa shape index (κ1) is 16.5. The highest BCUT2D eigenvalue weighted by molar-refractivity contribution is 6.31. The number of hydrogen-bond donors (Lipinski definition) is 0. The SMILES string of the molecule is COCCN(C)CCn1c(CCl)nc2cc(Cl)c(F)cc21. The number of aromatic nitrogens is 2. The maximum atomic E-state index is 13.7. The van der Waals surface area contributed by atoms with E-state index in [4.69, 9.17) is 27.9 Å². The van der Waals surface area contributed by atoms with Gasteiger partial charge in [0.1, 0.15) is 11.6 Å². The van der Waals surface area contributed by atoms with E-state index in [9.17, 15) is 4.39 Å². The summed E-state index contributed by atoms with van der Waals surface area (Å²) >= 11 is 11.7. The Balaban J connectivity index is 2.23. The molecule has 0 amide bonds. The molecule has 0 saturated carbocycles. The quantitative estimate of drug-likeness (QED) is 0.729. The monoisotopic (exact) mass is 333 g/mol. The number of imidazole rings is 1. The fourth-order valence-electron chi connectivity index (χ4n) is 2.15. The van der Waals surface area contributed by atoms with Gasteiger partial charge in [-0.3, -0.25) is 0 Å². The van der Waals surface area contributed by atoms with Crippen LogP contribution in [0.4, 0.5) is 4.39 Å². The molecule has 0 saturated heterocycles. The first-order valence-electron chi connectivity index (χ1n) is 6.64. The zero-order valence-electron chi connectivity index (χ0n) is 12.1. The van der Waals surface area contributed by atoms with Crippen LogP contribution in [0.5, 0.6) is 0 Å². The van der Waals surface area contributed by atoms with Crippen molar-refractivity contribution in [2.75, 3.05) is 33.9 Å². The topological polar surface area (TPSA) is 30.3 Å². The van der Waals surface area contributed by atoms with Crippen LogP contribution in [0.25, 0.3) is 11.0 Å². The van der Waals surface area contributed by atoms with Gasteiger partial charge in [-0.05, 0) is 13.1 Å². The van der Waals surface area contributed by atoms with Gasteiger partial charge in [-0.1, -0.05) is 11.6 Å². The van der Waals surface area contributed by atoms with Gasteiger partial charge in [-0.15, -0.1) is 11.6 Å². The lowest BCUT2D eigenvalue weighted by atomic mass is 10.3. The van der Waals surface area contributed by atoms with E-state index in [-0.39, 0.29) is 10.9 Å². The number of benzene rings is 1. The van der Waals surface area contributed by atoms with E-state index in [1.165, 1.54) is 12.1 Å². The van der Waals surface area contributed by atoms with E-state index in [1.54, 1.807) is 7.11 Å². The third-order valence-electron chi connectivity index (χ3n) is 3.37. The summed E-state index contributed by atoms with van der Waals surface area (Å²) in [5, 5.41) is 0.0745. The van der Waals surface area contributed by atoms with E-state index in [0.29, 0.717) is 30.0 Å². The number of fused-ring (bicyclic) bond motifs is 1. The second kappa shape index (κ2) is 7.40. The van der Waals surface area contributed by atoms with E-state index in [1.807, 2.05) is 11.6 Å². The van der Waals surface area contributed by atoms with Crippen molar-refractivity contribution in [3.63, 3.8) is 0 Å². The van der Waals surface area contributed by atoms with Crippen LogP contribution in [-0.4, -0.2) is 48.3 Å². The van der Waals surface area contributed by atoms with Gasteiger partial charge in [-0.2, -0.15) is 0 Å². The average molecular weight is 334 g/mol. The van der Waals surface area contributed by atoms with E-state index in [0.717, 1.165) is 13.1 Å². The van der Waals surface area contributed by atoms with Gasteiger partial charge < -0.3 is 14.2 Å². The molecule has 1 heterocycles. The van der Waals surface area contributed by atoms with Crippen molar-refractivity contribution in [1.82, 2.24) is 14.5 Å². The van der Waals surface area contributed by atoms with Crippen LogP contribution in [0.3, 0.4) is 0 Å². The summed E-state index contributed by atoms with van der Waals surface area (Å²) in [4.78, 5) is 6.55. The molecule has 1 aromatic carbocycles. The summed E-state index contributed by atoms with van der Waals surface area (Å²) in [5.41, 5.74) is 1.38. The van der Waals surface area contributed by atoms with Crippen molar-refractivity contribution in [2.24, 2.45) is 0 Å². The fraction of sp³-hybridized carbons (Fsp3) is 0.500. The Morgan fingerprint density at radius 1 is 1.38 bits per heavy atom. The highest BCUT2D eigenvalue weighted by Gasteiger charge is 2.13. The summed E-state index contributed by atoms with van der Waals surface area (Å²) in [6, 6.07) is 2.95. The molecule has 2 aromatic rings. The molecule has 0 radical (unpaired) electrons. The number of nitrogens with zero attached hydrogens (tertiary/aromatic N) is 3. The molecule has 7 heteroatoms. The third-order valence-corrected chi connectivity index (χ3v) is 3.90. The fourth-order valence-corrected chi connectivity index (χ4v) is 2.51. The number of ether oxygens (including phenoxy) is 1. The van der Waals surface area contributed by atoms with Gasteiger partial charge in [0.2, 0.25) is 0 Å². The van der Waals surface area contributed by atoms with Crippen LogP contribution in [0.15, 0.2) is 12.1 Å². The molecule has 0 aliphatic carbocycles. The Bertz CT molecular complexity index is 618. The highest BCUT2D eigenvalue weighted by Crippen LogP contribution is 2.24. The molecule has 0 aliphatic rings. The lowest BCUT2D eigenvalue weighted by molar-refractivity contribution is 0.159. The smallest absolute Gasteiger partial charge is 0.144 e. The van der Waals surface area contributed by atoms with Gasteiger partial charge in [0.05, 0.1) is 28.5 Å². The van der Waals surface area contributed by atoms with Gasteiger partial charge in [0.15, 0.2) is 0 Å². The molecule has 0 atom stereocenters. The van der Waals surface area contributed by atoms with Gasteiger partial charge in [-0.25, -0.2) is 9.37 Å². The lowest BCUT2D eigenvalue weighted by Gasteiger charge is -2.17. The zero-order chi connectivity index (χ0) is 15.4. The Morgan fingerprint density at radius 3 is 2.81 bits per heavy atom. The Kier molecular flexibility index (Phi) is 5.81. The number of rotatable bonds is 7. The van der Waals surface area contributed by atoms with E-state index >= 15 is 0 Å².